The van der Waals surface area contributed by atoms with Crippen molar-refractivity contribution in [2.45, 2.75) is 18.7 Å². The van der Waals surface area contributed by atoms with E-state index in [0.29, 0.717) is 22.6 Å². The van der Waals surface area contributed by atoms with Gasteiger partial charge < -0.3 is 10.1 Å². The molecule has 0 radical (unpaired) electrons. The molecule has 0 bridgehead atoms. The summed E-state index contributed by atoms with van der Waals surface area (Å²) in [4.78, 5) is 32.7. The number of hydrogen-bond acceptors (Lipinski definition) is 8. The van der Waals surface area contributed by atoms with Crippen LogP contribution in [0.4, 0.5) is 11.6 Å². The molecule has 0 amide bonds. The van der Waals surface area contributed by atoms with Crippen LogP contribution in [0, 0.1) is 13.8 Å². The third kappa shape index (κ3) is 6.23. The molecule has 33 heavy (non-hydrogen) atoms. The molecule has 1 aromatic heterocycles. The van der Waals surface area contributed by atoms with Gasteiger partial charge in [-0.3, -0.25) is 4.79 Å². The first-order chi connectivity index (χ1) is 15.7. The van der Waals surface area contributed by atoms with Crippen LogP contribution >= 0.6 is 0 Å². The van der Waals surface area contributed by atoms with Crippen LogP contribution in [0.25, 0.3) is 0 Å². The number of sulfonamides is 1. The molecular formula is C23H22N4O5S. The highest BCUT2D eigenvalue weighted by Crippen LogP contribution is 2.19. The number of nitrogens with zero attached hydrogens (tertiary/aromatic N) is 2. The number of ether oxygens (including phenoxy) is 1. The molecule has 10 heteroatoms. The Labute approximate surface area is 191 Å². The van der Waals surface area contributed by atoms with Crippen LogP contribution in [0.2, 0.25) is 0 Å². The topological polar surface area (TPSA) is 127 Å². The summed E-state index contributed by atoms with van der Waals surface area (Å²) < 4.78 is 32.4. The highest BCUT2D eigenvalue weighted by Gasteiger charge is 2.17. The van der Waals surface area contributed by atoms with Crippen molar-refractivity contribution in [2.24, 2.45) is 0 Å². The lowest BCUT2D eigenvalue weighted by Crippen LogP contribution is -2.16. The van der Waals surface area contributed by atoms with Crippen molar-refractivity contribution in [2.75, 3.05) is 17.1 Å². The van der Waals surface area contributed by atoms with Gasteiger partial charge in [-0.2, -0.15) is 0 Å². The number of allylic oxidation sites excluding steroid dienone is 1. The van der Waals surface area contributed by atoms with Crippen LogP contribution in [0.3, 0.4) is 0 Å². The van der Waals surface area contributed by atoms with E-state index in [0.717, 1.165) is 6.08 Å². The van der Waals surface area contributed by atoms with Gasteiger partial charge in [0.25, 0.3) is 10.0 Å². The fourth-order valence-electron chi connectivity index (χ4n) is 2.90. The largest absolute Gasteiger partial charge is 0.464 e. The number of anilines is 2. The number of hydrogen-bond donors (Lipinski definition) is 2. The molecule has 0 aliphatic carbocycles. The summed E-state index contributed by atoms with van der Waals surface area (Å²) in [7, 11) is -2.74. The van der Waals surface area contributed by atoms with Crippen molar-refractivity contribution in [1.29, 1.82) is 0 Å². The smallest absolute Gasteiger partial charge is 0.354 e. The molecule has 0 atom stereocenters. The van der Waals surface area contributed by atoms with Gasteiger partial charge in [0.05, 0.1) is 12.0 Å². The van der Waals surface area contributed by atoms with Crippen LogP contribution in [0.1, 0.15) is 21.7 Å². The summed E-state index contributed by atoms with van der Waals surface area (Å²) in [5.74, 6) is -1.16. The quantitative estimate of drug-likeness (QED) is 0.294. The van der Waals surface area contributed by atoms with Crippen molar-refractivity contribution in [3.8, 4) is 0 Å². The average Bonchev–Trinajstić information content (AvgIpc) is 2.78. The Hall–Kier alpha value is -4.05. The van der Waals surface area contributed by atoms with Crippen LogP contribution in [-0.4, -0.2) is 37.2 Å². The van der Waals surface area contributed by atoms with E-state index in [1.807, 2.05) is 0 Å². The van der Waals surface area contributed by atoms with Crippen LogP contribution < -0.4 is 10.0 Å². The lowest BCUT2D eigenvalue weighted by Gasteiger charge is -2.11. The van der Waals surface area contributed by atoms with Gasteiger partial charge in [-0.1, -0.05) is 30.3 Å². The maximum Gasteiger partial charge on any atom is 0.354 e. The Morgan fingerprint density at radius 1 is 0.939 bits per heavy atom. The summed E-state index contributed by atoms with van der Waals surface area (Å²) in [6.45, 7) is 3.48. The van der Waals surface area contributed by atoms with Gasteiger partial charge in [-0.05, 0) is 44.2 Å². The second-order valence-electron chi connectivity index (χ2n) is 7.01. The number of ketones is 1. The Bertz CT molecular complexity index is 1280. The molecule has 0 fully saturated rings. The number of aryl methyl sites for hydroxylation is 2. The van der Waals surface area contributed by atoms with E-state index >= 15 is 0 Å². The van der Waals surface area contributed by atoms with Crippen molar-refractivity contribution < 1.29 is 22.7 Å². The molecule has 0 aliphatic rings. The lowest BCUT2D eigenvalue weighted by molar-refractivity contribution is -0.135. The molecular weight excluding hydrogens is 444 g/mol. The molecule has 170 valence electrons. The number of benzene rings is 2. The lowest BCUT2D eigenvalue weighted by atomic mass is 10.1. The molecule has 9 nitrogen and oxygen atoms in total. The van der Waals surface area contributed by atoms with Crippen molar-refractivity contribution in [3.63, 3.8) is 0 Å². The van der Waals surface area contributed by atoms with Gasteiger partial charge in [0, 0.05) is 28.7 Å². The molecule has 1 heterocycles. The van der Waals surface area contributed by atoms with Gasteiger partial charge in [-0.25, -0.2) is 27.9 Å². The highest BCUT2D eigenvalue weighted by molar-refractivity contribution is 7.92. The maximum atomic E-state index is 12.7. The van der Waals surface area contributed by atoms with Crippen molar-refractivity contribution >= 4 is 33.4 Å². The fourth-order valence-corrected chi connectivity index (χ4v) is 3.84. The van der Waals surface area contributed by atoms with E-state index in [1.54, 1.807) is 50.2 Å². The summed E-state index contributed by atoms with van der Waals surface area (Å²) in [5.41, 5.74) is 1.96. The third-order valence-corrected chi connectivity index (χ3v) is 5.73. The van der Waals surface area contributed by atoms with E-state index in [2.05, 4.69) is 20.0 Å². The predicted molar refractivity (Wildman–Crippen MR) is 123 cm³/mol. The first-order valence-electron chi connectivity index (χ1n) is 9.79. The standard InChI is InChI=1S/C23H22N4O5S/c1-15-13-16(2)25-23(24-15)27-33(30,31)19-11-9-18(10-12-19)26-20(22(29)32-3)14-21(28)17-7-5-4-6-8-17/h4-14,26H,1-3H3,(H,24,25,27)/b20-14-. The minimum Gasteiger partial charge on any atom is -0.464 e. The summed E-state index contributed by atoms with van der Waals surface area (Å²) in [6.07, 6.45) is 1.13. The first-order valence-corrected chi connectivity index (χ1v) is 11.3. The Morgan fingerprint density at radius 2 is 1.55 bits per heavy atom. The van der Waals surface area contributed by atoms with Crippen LogP contribution in [-0.2, 0) is 19.6 Å². The Balaban J connectivity index is 1.80. The molecule has 3 rings (SSSR count). The number of esters is 1. The Morgan fingerprint density at radius 3 is 2.12 bits per heavy atom. The highest BCUT2D eigenvalue weighted by atomic mass is 32.2. The summed E-state index contributed by atoms with van der Waals surface area (Å²) in [5, 5.41) is 2.80. The number of nitrogens with one attached hydrogen (secondary N) is 2. The fraction of sp³-hybridized carbons (Fsp3) is 0.130. The Kier molecular flexibility index (Phi) is 7.19. The SMILES string of the molecule is COC(=O)/C(=C/C(=O)c1ccccc1)Nc1ccc(S(=O)(=O)Nc2nc(C)cc(C)n2)cc1. The number of methoxy groups -OCH3 is 1. The van der Waals surface area contributed by atoms with Gasteiger partial charge >= 0.3 is 5.97 Å². The average molecular weight is 467 g/mol. The number of aromatic nitrogens is 2. The van der Waals surface area contributed by atoms with Crippen molar-refractivity contribution in [3.05, 3.63) is 89.4 Å². The molecule has 0 unspecified atom stereocenters. The zero-order valence-electron chi connectivity index (χ0n) is 18.2. The van der Waals surface area contributed by atoms with Gasteiger partial charge in [-0.15, -0.1) is 0 Å². The molecule has 0 spiro atoms. The van der Waals surface area contributed by atoms with E-state index in [-0.39, 0.29) is 22.3 Å². The van der Waals surface area contributed by atoms with E-state index in [4.69, 9.17) is 4.74 Å². The number of carbonyl (C=O) groups is 2. The van der Waals surface area contributed by atoms with Crippen LogP contribution in [0.15, 0.2) is 77.3 Å². The molecule has 0 saturated carbocycles. The monoisotopic (exact) mass is 466 g/mol. The molecule has 2 N–H and O–H groups in total. The zero-order chi connectivity index (χ0) is 24.0. The summed E-state index contributed by atoms with van der Waals surface area (Å²) >= 11 is 0. The zero-order valence-corrected chi connectivity index (χ0v) is 19.0. The first kappa shape index (κ1) is 23.6. The van der Waals surface area contributed by atoms with E-state index in [1.165, 1.54) is 31.4 Å². The molecule has 2 aromatic carbocycles. The third-order valence-electron chi connectivity index (χ3n) is 4.39. The second kappa shape index (κ2) is 10.0. The summed E-state index contributed by atoms with van der Waals surface area (Å²) in [6, 6.07) is 15.8. The minimum atomic E-state index is -3.93. The van der Waals surface area contributed by atoms with Crippen LogP contribution in [0.5, 0.6) is 0 Å². The second-order valence-corrected chi connectivity index (χ2v) is 8.69. The predicted octanol–water partition coefficient (Wildman–Crippen LogP) is 3.25. The van der Waals surface area contributed by atoms with Crippen molar-refractivity contribution in [1.82, 2.24) is 9.97 Å². The minimum absolute atomic E-state index is 0.0231. The van der Waals surface area contributed by atoms with Gasteiger partial charge in [0.2, 0.25) is 5.95 Å². The van der Waals surface area contributed by atoms with Gasteiger partial charge in [0.1, 0.15) is 5.70 Å². The normalized spacial score (nSPS) is 11.5. The molecule has 3 aromatic rings. The number of carbonyl (C=O) groups excluding carboxylic acids is 2. The van der Waals surface area contributed by atoms with Gasteiger partial charge in [0.15, 0.2) is 5.78 Å². The molecule has 0 saturated heterocycles. The molecule has 0 aliphatic heterocycles. The number of rotatable bonds is 8. The van der Waals surface area contributed by atoms with E-state index in [9.17, 15) is 18.0 Å². The van der Waals surface area contributed by atoms with E-state index < -0.39 is 16.0 Å². The maximum absolute atomic E-state index is 12.7.